The second-order valence-corrected chi connectivity index (χ2v) is 8.15. The zero-order valence-electron chi connectivity index (χ0n) is 17.3. The van der Waals surface area contributed by atoms with E-state index in [4.69, 9.17) is 0 Å². The molecule has 0 spiro atoms. The summed E-state index contributed by atoms with van der Waals surface area (Å²) in [6.45, 7) is 1.36. The van der Waals surface area contributed by atoms with Gasteiger partial charge >= 0.3 is 0 Å². The highest BCUT2D eigenvalue weighted by Crippen LogP contribution is 2.52. The summed E-state index contributed by atoms with van der Waals surface area (Å²) in [5, 5.41) is 10.6. The van der Waals surface area contributed by atoms with E-state index in [1.54, 1.807) is 24.1 Å². The highest BCUT2D eigenvalue weighted by Gasteiger charge is 2.58. The molecular formula is C22H25N7O2. The number of hydrogen-bond acceptors (Lipinski definition) is 5. The second kappa shape index (κ2) is 7.98. The number of aliphatic imine (C=N–C) groups is 1. The lowest BCUT2D eigenvalue weighted by molar-refractivity contribution is -0.140. The van der Waals surface area contributed by atoms with Crippen LogP contribution in [-0.4, -0.2) is 57.6 Å². The third kappa shape index (κ3) is 3.49. The quantitative estimate of drug-likeness (QED) is 0.310. The van der Waals surface area contributed by atoms with E-state index >= 15 is 0 Å². The van der Waals surface area contributed by atoms with Gasteiger partial charge in [0.15, 0.2) is 11.8 Å². The fourth-order valence-corrected chi connectivity index (χ4v) is 4.98. The topological polar surface area (TPSA) is 105 Å². The number of carbonyl (C=O) groups is 2. The molecule has 3 heterocycles. The van der Waals surface area contributed by atoms with Gasteiger partial charge in [0, 0.05) is 45.3 Å². The van der Waals surface area contributed by atoms with Crippen molar-refractivity contribution in [2.45, 2.75) is 13.0 Å². The van der Waals surface area contributed by atoms with Crippen molar-refractivity contribution < 1.29 is 9.59 Å². The maximum Gasteiger partial charge on any atom is 0.233 e. The fourth-order valence-electron chi connectivity index (χ4n) is 4.98. The summed E-state index contributed by atoms with van der Waals surface area (Å²) in [6, 6.07) is 5.73. The molecule has 0 radical (unpaired) electrons. The molecule has 2 bridgehead atoms. The first-order chi connectivity index (χ1) is 15.2. The van der Waals surface area contributed by atoms with E-state index in [1.165, 1.54) is 4.90 Å². The average molecular weight is 419 g/mol. The van der Waals surface area contributed by atoms with Crippen LogP contribution in [0.3, 0.4) is 0 Å². The number of likely N-dealkylation sites (tertiary alicyclic amines) is 1. The first-order valence-electron chi connectivity index (χ1n) is 10.6. The van der Waals surface area contributed by atoms with Gasteiger partial charge in [-0.15, -0.1) is 0 Å². The van der Waals surface area contributed by atoms with Gasteiger partial charge in [-0.25, -0.2) is 9.67 Å². The number of rotatable bonds is 6. The molecule has 2 aromatic rings. The minimum absolute atomic E-state index is 0.0143. The van der Waals surface area contributed by atoms with Crippen molar-refractivity contribution >= 4 is 17.8 Å². The number of amides is 2. The van der Waals surface area contributed by atoms with Gasteiger partial charge in [0.1, 0.15) is 0 Å². The smallest absolute Gasteiger partial charge is 0.233 e. The van der Waals surface area contributed by atoms with Crippen LogP contribution in [0.4, 0.5) is 0 Å². The monoisotopic (exact) mass is 419 g/mol. The number of nitrogens with one attached hydrogen (secondary N) is 2. The minimum atomic E-state index is -0.143. The molecule has 0 aromatic carbocycles. The summed E-state index contributed by atoms with van der Waals surface area (Å²) in [5.41, 5.74) is 1.03. The summed E-state index contributed by atoms with van der Waals surface area (Å²) in [4.78, 5) is 35.5. The molecule has 1 saturated heterocycles. The van der Waals surface area contributed by atoms with Crippen molar-refractivity contribution in [1.82, 2.24) is 30.3 Å². The van der Waals surface area contributed by atoms with Crippen molar-refractivity contribution in [3.05, 3.63) is 54.5 Å². The van der Waals surface area contributed by atoms with E-state index in [1.807, 2.05) is 24.4 Å². The Morgan fingerprint density at radius 2 is 1.94 bits per heavy atom. The summed E-state index contributed by atoms with van der Waals surface area (Å²) < 4.78 is 1.71. The first-order valence-corrected chi connectivity index (χ1v) is 10.6. The van der Waals surface area contributed by atoms with Gasteiger partial charge in [0.25, 0.3) is 0 Å². The zero-order valence-corrected chi connectivity index (χ0v) is 17.3. The van der Waals surface area contributed by atoms with Crippen molar-refractivity contribution in [3.63, 3.8) is 0 Å². The summed E-state index contributed by atoms with van der Waals surface area (Å²) >= 11 is 0. The largest absolute Gasteiger partial charge is 0.355 e. The van der Waals surface area contributed by atoms with Gasteiger partial charge in [-0.05, 0) is 42.0 Å². The van der Waals surface area contributed by atoms with Gasteiger partial charge in [0.2, 0.25) is 11.8 Å². The number of nitrogens with zero attached hydrogens (tertiary/aromatic N) is 5. The number of guanidine groups is 1. The standard InChI is InChI=1S/C22H25N7O2/c1-23-22(26-13-14-5-7-24-17(11-14)29-9-2-6-27-29)25-8-10-28-20(30)18-15-3-4-16(12-15)19(18)21(28)31/h2-7,9,11,15-16,18-19H,8,10,12-13H2,1H3,(H2,23,25,26). The number of carbonyl (C=O) groups excluding carboxylic acids is 2. The van der Waals surface area contributed by atoms with Crippen molar-refractivity contribution in [1.29, 1.82) is 0 Å². The van der Waals surface area contributed by atoms with Crippen LogP contribution in [0.2, 0.25) is 0 Å². The number of fused-ring (bicyclic) bond motifs is 5. The second-order valence-electron chi connectivity index (χ2n) is 8.15. The normalized spacial score (nSPS) is 26.6. The molecule has 160 valence electrons. The Kier molecular flexibility index (Phi) is 5.01. The molecule has 3 aliphatic rings. The Hall–Kier alpha value is -3.49. The van der Waals surface area contributed by atoms with Gasteiger partial charge in [-0.1, -0.05) is 12.2 Å². The Labute approximate surface area is 180 Å². The van der Waals surface area contributed by atoms with Crippen LogP contribution < -0.4 is 10.6 Å². The van der Waals surface area contributed by atoms with E-state index in [9.17, 15) is 9.59 Å². The molecular weight excluding hydrogens is 394 g/mol. The van der Waals surface area contributed by atoms with E-state index in [0.717, 1.165) is 17.8 Å². The third-order valence-corrected chi connectivity index (χ3v) is 6.42. The molecule has 5 rings (SSSR count). The predicted octanol–water partition coefficient (Wildman–Crippen LogP) is 0.739. The number of pyridine rings is 1. The van der Waals surface area contributed by atoms with Crippen LogP contribution in [0.5, 0.6) is 0 Å². The Bertz CT molecular complexity index is 1020. The molecule has 2 amide bonds. The fraction of sp³-hybridized carbons (Fsp3) is 0.409. The zero-order chi connectivity index (χ0) is 21.4. The summed E-state index contributed by atoms with van der Waals surface area (Å²) in [6.07, 6.45) is 10.5. The lowest BCUT2D eigenvalue weighted by atomic mass is 9.85. The van der Waals surface area contributed by atoms with Crippen molar-refractivity contribution in [3.8, 4) is 5.82 Å². The number of imide groups is 1. The maximum atomic E-state index is 12.8. The lowest BCUT2D eigenvalue weighted by Gasteiger charge is -2.18. The molecule has 2 aliphatic carbocycles. The van der Waals surface area contributed by atoms with E-state index in [-0.39, 0.29) is 35.5 Å². The van der Waals surface area contributed by atoms with Crippen LogP contribution in [0, 0.1) is 23.7 Å². The highest BCUT2D eigenvalue weighted by atomic mass is 16.2. The van der Waals surface area contributed by atoms with Gasteiger partial charge in [-0.3, -0.25) is 19.5 Å². The van der Waals surface area contributed by atoms with Crippen LogP contribution in [0.25, 0.3) is 5.82 Å². The first kappa shape index (κ1) is 19.5. The van der Waals surface area contributed by atoms with Crippen LogP contribution in [-0.2, 0) is 16.1 Å². The molecule has 1 saturated carbocycles. The maximum absolute atomic E-state index is 12.8. The Morgan fingerprint density at radius 1 is 1.16 bits per heavy atom. The molecule has 2 fully saturated rings. The van der Waals surface area contributed by atoms with Gasteiger partial charge in [-0.2, -0.15) is 5.10 Å². The third-order valence-electron chi connectivity index (χ3n) is 6.42. The molecule has 9 heteroatoms. The van der Waals surface area contributed by atoms with Crippen molar-refractivity contribution in [2.24, 2.45) is 28.7 Å². The molecule has 31 heavy (non-hydrogen) atoms. The number of aromatic nitrogens is 3. The van der Waals surface area contributed by atoms with Crippen molar-refractivity contribution in [2.75, 3.05) is 20.1 Å². The lowest BCUT2D eigenvalue weighted by Crippen LogP contribution is -2.43. The Morgan fingerprint density at radius 3 is 2.61 bits per heavy atom. The Balaban J connectivity index is 1.13. The molecule has 1 aliphatic heterocycles. The summed E-state index contributed by atoms with van der Waals surface area (Å²) in [7, 11) is 1.69. The van der Waals surface area contributed by atoms with E-state index < -0.39 is 0 Å². The van der Waals surface area contributed by atoms with Crippen LogP contribution in [0.15, 0.2) is 53.9 Å². The number of hydrogen-bond donors (Lipinski definition) is 2. The minimum Gasteiger partial charge on any atom is -0.355 e. The van der Waals surface area contributed by atoms with Gasteiger partial charge in [0.05, 0.1) is 11.8 Å². The van der Waals surface area contributed by atoms with Crippen LogP contribution in [0.1, 0.15) is 12.0 Å². The van der Waals surface area contributed by atoms with Crippen LogP contribution >= 0.6 is 0 Å². The predicted molar refractivity (Wildman–Crippen MR) is 114 cm³/mol. The highest BCUT2D eigenvalue weighted by molar-refractivity contribution is 6.06. The van der Waals surface area contributed by atoms with E-state index in [2.05, 4.69) is 37.9 Å². The SMILES string of the molecule is CN=C(NCCN1C(=O)C2C3C=CC(C3)C2C1=O)NCc1ccnc(-n2cccn2)c1. The molecule has 4 unspecified atom stereocenters. The molecule has 2 N–H and O–H groups in total. The molecule has 4 atom stereocenters. The molecule has 2 aromatic heterocycles. The average Bonchev–Trinajstić information content (AvgIpc) is 3.58. The number of allylic oxidation sites excluding steroid dienone is 2. The molecule has 9 nitrogen and oxygen atoms in total. The summed E-state index contributed by atoms with van der Waals surface area (Å²) in [5.74, 6) is 1.52. The van der Waals surface area contributed by atoms with Gasteiger partial charge < -0.3 is 10.6 Å². The van der Waals surface area contributed by atoms with E-state index in [0.29, 0.717) is 25.6 Å².